The van der Waals surface area contributed by atoms with Crippen LogP contribution < -0.4 is 16.4 Å². The number of rotatable bonds is 7. The molecule has 0 aromatic heterocycles. The van der Waals surface area contributed by atoms with Crippen molar-refractivity contribution < 1.29 is 9.59 Å². The lowest BCUT2D eigenvalue weighted by molar-refractivity contribution is -0.125. The second-order valence-corrected chi connectivity index (χ2v) is 5.67. The van der Waals surface area contributed by atoms with E-state index in [9.17, 15) is 9.59 Å². The minimum Gasteiger partial charge on any atom is -0.355 e. The van der Waals surface area contributed by atoms with E-state index in [1.165, 1.54) is 0 Å². The van der Waals surface area contributed by atoms with E-state index in [1.54, 1.807) is 0 Å². The Morgan fingerprint density at radius 2 is 1.89 bits per heavy atom. The normalized spacial score (nSPS) is 12.9. The molecule has 0 aromatic carbocycles. The number of hydrogen-bond donors (Lipinski definition) is 3. The number of carbonyl (C=O) groups is 2. The highest BCUT2D eigenvalue weighted by molar-refractivity contribution is 5.80. The highest BCUT2D eigenvalue weighted by Gasteiger charge is 2.15. The maximum absolute atomic E-state index is 11.6. The topological polar surface area (TPSA) is 84.2 Å². The van der Waals surface area contributed by atoms with Crippen molar-refractivity contribution in [1.82, 2.24) is 10.6 Å². The van der Waals surface area contributed by atoms with Crippen LogP contribution in [0, 0.1) is 5.92 Å². The SMILES string of the molecule is CC(CCCN)C(=O)NCCC(=O)NC(C)(C)C. The summed E-state index contributed by atoms with van der Waals surface area (Å²) in [7, 11) is 0. The number of carbonyl (C=O) groups excluding carboxylic acids is 2. The van der Waals surface area contributed by atoms with Crippen LogP contribution in [0.15, 0.2) is 0 Å². The summed E-state index contributed by atoms with van der Waals surface area (Å²) >= 11 is 0. The van der Waals surface area contributed by atoms with Crippen LogP contribution in [0.25, 0.3) is 0 Å². The molecule has 0 saturated heterocycles. The van der Waals surface area contributed by atoms with Crippen LogP contribution in [-0.2, 0) is 9.59 Å². The predicted octanol–water partition coefficient (Wildman–Crippen LogP) is 0.782. The summed E-state index contributed by atoms with van der Waals surface area (Å²) < 4.78 is 0. The third kappa shape index (κ3) is 8.98. The molecule has 0 bridgehead atoms. The lowest BCUT2D eigenvalue weighted by atomic mass is 10.0. The van der Waals surface area contributed by atoms with Gasteiger partial charge in [0, 0.05) is 24.4 Å². The number of hydrogen-bond acceptors (Lipinski definition) is 3. The molecule has 0 aromatic rings. The number of nitrogens with one attached hydrogen (secondary N) is 2. The van der Waals surface area contributed by atoms with Gasteiger partial charge < -0.3 is 16.4 Å². The van der Waals surface area contributed by atoms with Crippen LogP contribution in [0.1, 0.15) is 47.0 Å². The summed E-state index contributed by atoms with van der Waals surface area (Å²) in [6, 6.07) is 0. The van der Waals surface area contributed by atoms with Crippen LogP contribution in [0.4, 0.5) is 0 Å². The minimum atomic E-state index is -0.227. The quantitative estimate of drug-likeness (QED) is 0.630. The maximum atomic E-state index is 11.6. The van der Waals surface area contributed by atoms with Gasteiger partial charge in [-0.15, -0.1) is 0 Å². The Labute approximate surface area is 110 Å². The molecular weight excluding hydrogens is 230 g/mol. The van der Waals surface area contributed by atoms with Crippen LogP contribution in [0.3, 0.4) is 0 Å². The van der Waals surface area contributed by atoms with E-state index >= 15 is 0 Å². The van der Waals surface area contributed by atoms with Gasteiger partial charge in [-0.2, -0.15) is 0 Å². The van der Waals surface area contributed by atoms with Gasteiger partial charge >= 0.3 is 0 Å². The summed E-state index contributed by atoms with van der Waals surface area (Å²) in [5.74, 6) is -0.0938. The summed E-state index contributed by atoms with van der Waals surface area (Å²) in [5.41, 5.74) is 5.16. The molecule has 0 saturated carbocycles. The smallest absolute Gasteiger partial charge is 0.222 e. The standard InChI is InChI=1S/C13H27N3O2/c1-10(6-5-8-14)12(18)15-9-7-11(17)16-13(2,3)4/h10H,5-9,14H2,1-4H3,(H,15,18)(H,16,17). The first-order valence-corrected chi connectivity index (χ1v) is 6.55. The van der Waals surface area contributed by atoms with Crippen molar-refractivity contribution >= 4 is 11.8 Å². The van der Waals surface area contributed by atoms with Gasteiger partial charge in [-0.05, 0) is 40.2 Å². The van der Waals surface area contributed by atoms with Crippen molar-refractivity contribution in [2.75, 3.05) is 13.1 Å². The van der Waals surface area contributed by atoms with Crippen LogP contribution in [-0.4, -0.2) is 30.4 Å². The summed E-state index contributed by atoms with van der Waals surface area (Å²) in [6.45, 7) is 8.65. The zero-order chi connectivity index (χ0) is 14.2. The van der Waals surface area contributed by atoms with E-state index in [4.69, 9.17) is 5.73 Å². The molecule has 106 valence electrons. The van der Waals surface area contributed by atoms with Crippen molar-refractivity contribution in [1.29, 1.82) is 0 Å². The van der Waals surface area contributed by atoms with E-state index < -0.39 is 0 Å². The second-order valence-electron chi connectivity index (χ2n) is 5.67. The lowest BCUT2D eigenvalue weighted by Gasteiger charge is -2.20. The van der Waals surface area contributed by atoms with Crippen LogP contribution in [0.5, 0.6) is 0 Å². The largest absolute Gasteiger partial charge is 0.355 e. The monoisotopic (exact) mass is 257 g/mol. The molecule has 0 fully saturated rings. The fourth-order valence-electron chi connectivity index (χ4n) is 1.51. The van der Waals surface area contributed by atoms with Gasteiger partial charge in [-0.3, -0.25) is 9.59 Å². The first-order valence-electron chi connectivity index (χ1n) is 6.55. The predicted molar refractivity (Wildman–Crippen MR) is 73.0 cm³/mol. The zero-order valence-electron chi connectivity index (χ0n) is 12.0. The van der Waals surface area contributed by atoms with E-state index in [2.05, 4.69) is 10.6 Å². The van der Waals surface area contributed by atoms with E-state index in [0.717, 1.165) is 12.8 Å². The average Bonchev–Trinajstić information content (AvgIpc) is 2.23. The molecule has 0 aliphatic carbocycles. The van der Waals surface area contributed by atoms with Crippen molar-refractivity contribution in [3.63, 3.8) is 0 Å². The average molecular weight is 257 g/mol. The number of amides is 2. The van der Waals surface area contributed by atoms with E-state index in [1.807, 2.05) is 27.7 Å². The molecule has 0 heterocycles. The molecule has 5 heteroatoms. The van der Waals surface area contributed by atoms with Crippen molar-refractivity contribution in [3.05, 3.63) is 0 Å². The van der Waals surface area contributed by atoms with Crippen molar-refractivity contribution in [2.45, 2.75) is 52.5 Å². The minimum absolute atomic E-state index is 0.00740. The highest BCUT2D eigenvalue weighted by atomic mass is 16.2. The van der Waals surface area contributed by atoms with Gasteiger partial charge in [-0.25, -0.2) is 0 Å². The first-order chi connectivity index (χ1) is 8.26. The molecule has 18 heavy (non-hydrogen) atoms. The van der Waals surface area contributed by atoms with Gasteiger partial charge in [-0.1, -0.05) is 6.92 Å². The molecular formula is C13H27N3O2. The van der Waals surface area contributed by atoms with E-state index in [0.29, 0.717) is 19.5 Å². The van der Waals surface area contributed by atoms with Crippen molar-refractivity contribution in [2.24, 2.45) is 11.7 Å². The summed E-state index contributed by atoms with van der Waals surface area (Å²) in [6.07, 6.45) is 1.95. The lowest BCUT2D eigenvalue weighted by Crippen LogP contribution is -2.42. The Bertz CT molecular complexity index is 272. The third-order valence-electron chi connectivity index (χ3n) is 2.45. The molecule has 2 amide bonds. The molecule has 1 unspecified atom stereocenters. The summed E-state index contributed by atoms with van der Waals surface area (Å²) in [5, 5.41) is 5.62. The number of nitrogens with two attached hydrogens (primary N) is 1. The third-order valence-corrected chi connectivity index (χ3v) is 2.45. The van der Waals surface area contributed by atoms with Gasteiger partial charge in [0.1, 0.15) is 0 Å². The molecule has 4 N–H and O–H groups in total. The molecule has 0 aliphatic heterocycles. The fourth-order valence-corrected chi connectivity index (χ4v) is 1.51. The zero-order valence-corrected chi connectivity index (χ0v) is 12.0. The molecule has 1 atom stereocenters. The highest BCUT2D eigenvalue weighted by Crippen LogP contribution is 2.04. The molecule has 0 rings (SSSR count). The summed E-state index contributed by atoms with van der Waals surface area (Å²) in [4.78, 5) is 23.1. The second kappa shape index (κ2) is 8.08. The Balaban J connectivity index is 3.77. The van der Waals surface area contributed by atoms with Crippen LogP contribution in [0.2, 0.25) is 0 Å². The van der Waals surface area contributed by atoms with Gasteiger partial charge in [0.15, 0.2) is 0 Å². The Morgan fingerprint density at radius 3 is 2.39 bits per heavy atom. The van der Waals surface area contributed by atoms with Crippen LogP contribution >= 0.6 is 0 Å². The Morgan fingerprint density at radius 1 is 1.28 bits per heavy atom. The maximum Gasteiger partial charge on any atom is 0.222 e. The van der Waals surface area contributed by atoms with Gasteiger partial charge in [0.05, 0.1) is 0 Å². The van der Waals surface area contributed by atoms with E-state index in [-0.39, 0.29) is 23.3 Å². The Kier molecular flexibility index (Phi) is 7.59. The molecule has 0 aliphatic rings. The van der Waals surface area contributed by atoms with Gasteiger partial charge in [0.25, 0.3) is 0 Å². The molecule has 0 spiro atoms. The fraction of sp³-hybridized carbons (Fsp3) is 0.846. The first kappa shape index (κ1) is 16.9. The van der Waals surface area contributed by atoms with Gasteiger partial charge in [0.2, 0.25) is 11.8 Å². The molecule has 0 radical (unpaired) electrons. The molecule has 5 nitrogen and oxygen atoms in total. The van der Waals surface area contributed by atoms with Crippen molar-refractivity contribution in [3.8, 4) is 0 Å². The Hall–Kier alpha value is -1.10.